The third kappa shape index (κ3) is 3.61. The van der Waals surface area contributed by atoms with Crippen molar-refractivity contribution in [2.24, 2.45) is 0 Å². The van der Waals surface area contributed by atoms with Crippen LogP contribution in [-0.4, -0.2) is 39.4 Å². The summed E-state index contributed by atoms with van der Waals surface area (Å²) in [6, 6.07) is 3.66. The van der Waals surface area contributed by atoms with E-state index in [2.05, 4.69) is 10.8 Å². The average molecular weight is 426 g/mol. The molecular formula is C12H8F6O6S2. The monoisotopic (exact) mass is 426 g/mol. The minimum Gasteiger partial charge on any atom is -0.378 e. The first-order valence-corrected chi connectivity index (χ1v) is 8.58. The van der Waals surface area contributed by atoms with E-state index in [0.717, 1.165) is 24.3 Å². The summed E-state index contributed by atoms with van der Waals surface area (Å²) in [6.07, 6.45) is 1.25. The molecule has 1 aromatic carbocycles. The highest BCUT2D eigenvalue weighted by Gasteiger charge is 2.81. The van der Waals surface area contributed by atoms with Gasteiger partial charge in [0.2, 0.25) is 11.1 Å². The first-order chi connectivity index (χ1) is 11.6. The van der Waals surface area contributed by atoms with Crippen molar-refractivity contribution in [3.63, 3.8) is 0 Å². The largest absolute Gasteiger partial charge is 0.449 e. The summed E-state index contributed by atoms with van der Waals surface area (Å²) in [6.45, 7) is 3.33. The minimum absolute atomic E-state index is 0.356. The molecule has 0 aliphatic heterocycles. The molecule has 0 aliphatic carbocycles. The van der Waals surface area contributed by atoms with Crippen LogP contribution in [-0.2, 0) is 26.0 Å². The Morgan fingerprint density at radius 3 is 1.96 bits per heavy atom. The number of alkyl halides is 6. The average Bonchev–Trinajstić information content (AvgIpc) is 2.53. The van der Waals surface area contributed by atoms with Gasteiger partial charge in [-0.25, -0.2) is 4.21 Å². The Hall–Kier alpha value is -1.93. The normalized spacial score (nSPS) is 14.6. The lowest BCUT2D eigenvalue weighted by Gasteiger charge is -2.29. The summed E-state index contributed by atoms with van der Waals surface area (Å²) in [7, 11) is -6.75. The fourth-order valence-corrected chi connectivity index (χ4v) is 2.67. The van der Waals surface area contributed by atoms with Crippen LogP contribution in [0, 0.1) is 0 Å². The van der Waals surface area contributed by atoms with E-state index in [-0.39, 0.29) is 0 Å². The zero-order valence-electron chi connectivity index (χ0n) is 12.2. The third-order valence-electron chi connectivity index (χ3n) is 2.81. The van der Waals surface area contributed by atoms with Crippen LogP contribution in [0.3, 0.4) is 0 Å². The lowest BCUT2D eigenvalue weighted by Crippen LogP contribution is -2.62. The molecule has 0 aromatic heterocycles. The molecule has 1 unspecified atom stereocenters. The molecular weight excluding hydrogens is 418 g/mol. The van der Waals surface area contributed by atoms with Gasteiger partial charge in [-0.3, -0.25) is 9.35 Å². The molecule has 0 saturated heterocycles. The number of halogens is 6. The molecule has 26 heavy (non-hydrogen) atoms. The Morgan fingerprint density at radius 2 is 1.58 bits per heavy atom. The van der Waals surface area contributed by atoms with Gasteiger partial charge in [0.25, 0.3) is 0 Å². The fraction of sp³-hybridized carbons (Fsp3) is 0.250. The van der Waals surface area contributed by atoms with Gasteiger partial charge in [0.1, 0.15) is 5.75 Å². The lowest BCUT2D eigenvalue weighted by molar-refractivity contribution is -0.265. The predicted molar refractivity (Wildman–Crippen MR) is 76.7 cm³/mol. The Kier molecular flexibility index (Phi) is 5.95. The van der Waals surface area contributed by atoms with Gasteiger partial charge in [-0.15, -0.1) is 0 Å². The number of hydrogen-bond donors (Lipinski definition) is 1. The molecule has 1 rings (SSSR count). The van der Waals surface area contributed by atoms with Crippen molar-refractivity contribution in [1.82, 2.24) is 0 Å². The van der Waals surface area contributed by atoms with E-state index in [1.165, 1.54) is 6.08 Å². The minimum atomic E-state index is -6.89. The molecule has 1 N–H and O–H groups in total. The highest BCUT2D eigenvalue weighted by Crippen LogP contribution is 2.49. The second kappa shape index (κ2) is 7.00. The Morgan fingerprint density at radius 1 is 1.12 bits per heavy atom. The van der Waals surface area contributed by atoms with Gasteiger partial charge in [-0.05, 0) is 17.7 Å². The molecule has 0 saturated carbocycles. The quantitative estimate of drug-likeness (QED) is 0.409. The number of carbonyl (C=O) groups excluding carboxylic acids is 1. The number of rotatable bonds is 7. The zero-order chi connectivity index (χ0) is 20.6. The molecule has 6 nitrogen and oxygen atoms in total. The molecule has 0 radical (unpaired) electrons. The van der Waals surface area contributed by atoms with Crippen molar-refractivity contribution in [2.75, 3.05) is 0 Å². The molecule has 0 fully saturated rings. The SMILES string of the molecule is C=Cc1ccc(OS(=O)(=O)C(F)(F)C(F)(F)C(F)(F)C(=O)S(=O)O)cc1. The van der Waals surface area contributed by atoms with Gasteiger partial charge < -0.3 is 4.18 Å². The van der Waals surface area contributed by atoms with E-state index < -0.39 is 49.2 Å². The van der Waals surface area contributed by atoms with Crippen LogP contribution < -0.4 is 4.18 Å². The molecule has 1 atom stereocenters. The maximum absolute atomic E-state index is 13.6. The van der Waals surface area contributed by atoms with Crippen molar-refractivity contribution >= 4 is 32.4 Å². The van der Waals surface area contributed by atoms with Gasteiger partial charge in [-0.2, -0.15) is 34.8 Å². The molecule has 0 aliphatic rings. The van der Waals surface area contributed by atoms with E-state index in [1.807, 2.05) is 0 Å². The topological polar surface area (TPSA) is 97.7 Å². The molecule has 0 heterocycles. The Labute approximate surface area is 144 Å². The van der Waals surface area contributed by atoms with E-state index in [9.17, 15) is 43.8 Å². The second-order valence-corrected chi connectivity index (χ2v) is 6.97. The van der Waals surface area contributed by atoms with Crippen molar-refractivity contribution in [2.45, 2.75) is 17.1 Å². The zero-order valence-corrected chi connectivity index (χ0v) is 13.8. The molecule has 0 amide bonds. The molecule has 0 bridgehead atoms. The first-order valence-electron chi connectivity index (χ1n) is 6.07. The van der Waals surface area contributed by atoms with Crippen LogP contribution in [0.1, 0.15) is 5.56 Å². The van der Waals surface area contributed by atoms with Gasteiger partial charge in [-0.1, -0.05) is 24.8 Å². The van der Waals surface area contributed by atoms with Crippen LogP contribution in [0.15, 0.2) is 30.8 Å². The summed E-state index contributed by atoms with van der Waals surface area (Å²) in [5, 5.41) is -10.1. The maximum atomic E-state index is 13.6. The van der Waals surface area contributed by atoms with Gasteiger partial charge in [0, 0.05) is 0 Å². The van der Waals surface area contributed by atoms with Crippen molar-refractivity contribution in [3.05, 3.63) is 36.4 Å². The third-order valence-corrected chi connectivity index (χ3v) is 4.68. The van der Waals surface area contributed by atoms with Crippen LogP contribution in [0.25, 0.3) is 6.08 Å². The molecule has 1 aromatic rings. The van der Waals surface area contributed by atoms with E-state index in [1.54, 1.807) is 0 Å². The molecule has 146 valence electrons. The van der Waals surface area contributed by atoms with Gasteiger partial charge >= 0.3 is 32.3 Å². The van der Waals surface area contributed by atoms with Gasteiger partial charge in [0.05, 0.1) is 0 Å². The summed E-state index contributed by atoms with van der Waals surface area (Å²) >= 11 is -4.28. The van der Waals surface area contributed by atoms with E-state index in [4.69, 9.17) is 4.55 Å². The smallest absolute Gasteiger partial charge is 0.378 e. The lowest BCUT2D eigenvalue weighted by atomic mass is 10.2. The van der Waals surface area contributed by atoms with Crippen LogP contribution in [0.4, 0.5) is 26.3 Å². The Bertz CT molecular complexity index is 834. The van der Waals surface area contributed by atoms with Crippen molar-refractivity contribution in [1.29, 1.82) is 0 Å². The summed E-state index contributed by atoms with van der Waals surface area (Å²) < 4.78 is 126. The second-order valence-electron chi connectivity index (χ2n) is 4.51. The standard InChI is InChI=1S/C12H8F6O6S2/c1-2-7-3-5-8(6-4-7)24-26(22,23)12(17,18)11(15,16)10(13,14)9(19)25(20)21/h2-6H,1H2,(H,20,21). The molecule has 14 heteroatoms. The van der Waals surface area contributed by atoms with E-state index in [0.29, 0.717) is 5.56 Å². The highest BCUT2D eigenvalue weighted by atomic mass is 32.2. The number of benzene rings is 1. The highest BCUT2D eigenvalue weighted by molar-refractivity contribution is 7.95. The summed E-state index contributed by atoms with van der Waals surface area (Å²) in [4.78, 5) is 10.7. The van der Waals surface area contributed by atoms with Crippen LogP contribution >= 0.6 is 0 Å². The van der Waals surface area contributed by atoms with Gasteiger partial charge in [0.15, 0.2) is 0 Å². The number of carbonyl (C=O) groups is 1. The van der Waals surface area contributed by atoms with Crippen molar-refractivity contribution < 1.29 is 52.5 Å². The molecule has 0 spiro atoms. The van der Waals surface area contributed by atoms with Crippen molar-refractivity contribution in [3.8, 4) is 5.75 Å². The maximum Gasteiger partial charge on any atom is 0.449 e. The summed E-state index contributed by atoms with van der Waals surface area (Å²) in [5.74, 6) is -14.3. The fourth-order valence-electron chi connectivity index (χ4n) is 1.42. The Balaban J connectivity index is 3.32. The number of hydrogen-bond acceptors (Lipinski definition) is 5. The van der Waals surface area contributed by atoms with Crippen LogP contribution in [0.5, 0.6) is 5.75 Å². The summed E-state index contributed by atoms with van der Waals surface area (Å²) in [5.41, 5.74) is 0.356. The first kappa shape index (κ1) is 22.1. The van der Waals surface area contributed by atoms with E-state index >= 15 is 0 Å². The predicted octanol–water partition coefficient (Wildman–Crippen LogP) is 2.65. The van der Waals surface area contributed by atoms with Crippen LogP contribution in [0.2, 0.25) is 0 Å².